The van der Waals surface area contributed by atoms with Crippen LogP contribution in [0, 0.1) is 6.92 Å². The van der Waals surface area contributed by atoms with Crippen molar-refractivity contribution < 1.29 is 9.59 Å². The topological polar surface area (TPSA) is 49.4 Å². The number of carbonyl (C=O) groups excluding carboxylic acids is 2. The van der Waals surface area contributed by atoms with Gasteiger partial charge in [-0.15, -0.1) is 0 Å². The highest BCUT2D eigenvalue weighted by atomic mass is 35.5. The van der Waals surface area contributed by atoms with E-state index in [-0.39, 0.29) is 18.2 Å². The van der Waals surface area contributed by atoms with E-state index >= 15 is 0 Å². The number of amides is 2. The minimum Gasteiger partial charge on any atom is -0.357 e. The monoisotopic (exact) mass is 468 g/mol. The van der Waals surface area contributed by atoms with E-state index in [1.807, 2.05) is 61.5 Å². The van der Waals surface area contributed by atoms with E-state index in [1.54, 1.807) is 30.1 Å². The lowest BCUT2D eigenvalue weighted by molar-refractivity contribution is -0.140. The molecule has 0 aliphatic rings. The maximum atomic E-state index is 13.6. The standard InChI is InChI=1S/C26H26Cl2N2O2/c1-18-9-6-7-12-20(18)17-30(25(31)16-21-22(27)13-8-14-23(21)28)24(26(32)29-2)15-19-10-4-3-5-11-19/h3-14,24H,15-17H2,1-2H3,(H,29,32)/t24-/m0/s1. The maximum absolute atomic E-state index is 13.6. The summed E-state index contributed by atoms with van der Waals surface area (Å²) in [5.74, 6) is -0.436. The Balaban J connectivity index is 1.99. The van der Waals surface area contributed by atoms with Gasteiger partial charge in [0.2, 0.25) is 11.8 Å². The van der Waals surface area contributed by atoms with Gasteiger partial charge in [-0.3, -0.25) is 9.59 Å². The Morgan fingerprint density at radius 3 is 2.16 bits per heavy atom. The van der Waals surface area contributed by atoms with Crippen LogP contribution in [0.5, 0.6) is 0 Å². The molecule has 0 spiro atoms. The summed E-state index contributed by atoms with van der Waals surface area (Å²) in [6.07, 6.45) is 0.404. The number of rotatable bonds is 8. The van der Waals surface area contributed by atoms with Gasteiger partial charge in [0.1, 0.15) is 6.04 Å². The number of likely N-dealkylation sites (N-methyl/N-ethyl adjacent to an activating group) is 1. The van der Waals surface area contributed by atoms with Crippen molar-refractivity contribution in [1.29, 1.82) is 0 Å². The molecule has 0 saturated heterocycles. The van der Waals surface area contributed by atoms with E-state index in [0.29, 0.717) is 28.6 Å². The molecule has 6 heteroatoms. The van der Waals surface area contributed by atoms with E-state index in [0.717, 1.165) is 16.7 Å². The van der Waals surface area contributed by atoms with Crippen LogP contribution in [0.25, 0.3) is 0 Å². The van der Waals surface area contributed by atoms with Crippen LogP contribution < -0.4 is 5.32 Å². The molecular weight excluding hydrogens is 443 g/mol. The Kier molecular flexibility index (Phi) is 8.32. The van der Waals surface area contributed by atoms with Crippen molar-refractivity contribution in [3.63, 3.8) is 0 Å². The summed E-state index contributed by atoms with van der Waals surface area (Å²) in [6.45, 7) is 2.30. The average Bonchev–Trinajstić information content (AvgIpc) is 2.80. The lowest BCUT2D eigenvalue weighted by Gasteiger charge is -2.32. The molecule has 0 aliphatic heterocycles. The Bertz CT molecular complexity index is 1070. The number of nitrogens with zero attached hydrogens (tertiary/aromatic N) is 1. The number of benzene rings is 3. The van der Waals surface area contributed by atoms with Crippen LogP contribution in [0.1, 0.15) is 22.3 Å². The summed E-state index contributed by atoms with van der Waals surface area (Å²) >= 11 is 12.7. The Morgan fingerprint density at radius 2 is 1.53 bits per heavy atom. The van der Waals surface area contributed by atoms with E-state index in [2.05, 4.69) is 5.32 Å². The molecule has 1 N–H and O–H groups in total. The van der Waals surface area contributed by atoms with Crippen molar-refractivity contribution in [2.75, 3.05) is 7.05 Å². The zero-order chi connectivity index (χ0) is 23.1. The Morgan fingerprint density at radius 1 is 0.906 bits per heavy atom. The zero-order valence-electron chi connectivity index (χ0n) is 18.1. The zero-order valence-corrected chi connectivity index (χ0v) is 19.7. The first-order chi connectivity index (χ1) is 15.4. The van der Waals surface area contributed by atoms with E-state index in [1.165, 1.54) is 0 Å². The number of halogens is 2. The molecule has 32 heavy (non-hydrogen) atoms. The molecule has 1 atom stereocenters. The molecule has 0 fully saturated rings. The minimum atomic E-state index is -0.684. The summed E-state index contributed by atoms with van der Waals surface area (Å²) in [6, 6.07) is 22.0. The molecule has 166 valence electrons. The molecule has 0 bridgehead atoms. The fourth-order valence-corrected chi connectivity index (χ4v) is 4.18. The van der Waals surface area contributed by atoms with Gasteiger partial charge in [0.15, 0.2) is 0 Å². The summed E-state index contributed by atoms with van der Waals surface area (Å²) in [4.78, 5) is 28.2. The van der Waals surface area contributed by atoms with Crippen LogP contribution in [0.2, 0.25) is 10.0 Å². The van der Waals surface area contributed by atoms with Gasteiger partial charge in [0, 0.05) is 30.1 Å². The molecule has 2 amide bonds. The van der Waals surface area contributed by atoms with Gasteiger partial charge in [-0.1, -0.05) is 83.9 Å². The molecule has 0 heterocycles. The normalized spacial score (nSPS) is 11.6. The molecule has 4 nitrogen and oxygen atoms in total. The molecule has 0 saturated carbocycles. The third-order valence-corrected chi connectivity index (χ3v) is 6.22. The van der Waals surface area contributed by atoms with E-state index < -0.39 is 6.04 Å². The fourth-order valence-electron chi connectivity index (χ4n) is 3.65. The third kappa shape index (κ3) is 5.90. The summed E-state index contributed by atoms with van der Waals surface area (Å²) in [7, 11) is 1.59. The smallest absolute Gasteiger partial charge is 0.242 e. The van der Waals surface area contributed by atoms with Gasteiger partial charge >= 0.3 is 0 Å². The highest BCUT2D eigenvalue weighted by Crippen LogP contribution is 2.26. The quantitative estimate of drug-likeness (QED) is 0.491. The first-order valence-electron chi connectivity index (χ1n) is 10.4. The van der Waals surface area contributed by atoms with Crippen molar-refractivity contribution in [3.05, 3.63) is 105 Å². The van der Waals surface area contributed by atoms with E-state index in [4.69, 9.17) is 23.2 Å². The van der Waals surface area contributed by atoms with Crippen molar-refractivity contribution in [2.24, 2.45) is 0 Å². The lowest BCUT2D eigenvalue weighted by atomic mass is 10.0. The van der Waals surface area contributed by atoms with Gasteiger partial charge in [-0.05, 0) is 41.3 Å². The van der Waals surface area contributed by atoms with Crippen molar-refractivity contribution in [1.82, 2.24) is 10.2 Å². The molecule has 0 aliphatic carbocycles. The van der Waals surface area contributed by atoms with Crippen LogP contribution in [-0.4, -0.2) is 29.8 Å². The molecule has 0 radical (unpaired) electrons. The van der Waals surface area contributed by atoms with Gasteiger partial charge in [-0.2, -0.15) is 0 Å². The molecule has 3 aromatic carbocycles. The summed E-state index contributed by atoms with van der Waals surface area (Å²) in [5, 5.41) is 3.59. The van der Waals surface area contributed by atoms with Gasteiger partial charge < -0.3 is 10.2 Å². The second-order valence-electron chi connectivity index (χ2n) is 7.64. The largest absolute Gasteiger partial charge is 0.357 e. The average molecular weight is 469 g/mol. The second kappa shape index (κ2) is 11.2. The molecular formula is C26H26Cl2N2O2. The molecule has 3 rings (SSSR count). The number of hydrogen-bond acceptors (Lipinski definition) is 2. The molecule has 3 aromatic rings. The Hall–Kier alpha value is -2.82. The summed E-state index contributed by atoms with van der Waals surface area (Å²) in [5.41, 5.74) is 3.56. The molecule has 0 aromatic heterocycles. The first-order valence-corrected chi connectivity index (χ1v) is 11.2. The third-order valence-electron chi connectivity index (χ3n) is 5.51. The Labute approximate surface area is 199 Å². The van der Waals surface area contributed by atoms with Crippen LogP contribution in [-0.2, 0) is 29.0 Å². The van der Waals surface area contributed by atoms with Crippen LogP contribution in [0.3, 0.4) is 0 Å². The maximum Gasteiger partial charge on any atom is 0.242 e. The van der Waals surface area contributed by atoms with Crippen LogP contribution in [0.15, 0.2) is 72.8 Å². The van der Waals surface area contributed by atoms with Gasteiger partial charge in [0.25, 0.3) is 0 Å². The minimum absolute atomic E-state index is 0.00662. The number of hydrogen-bond donors (Lipinski definition) is 1. The van der Waals surface area contributed by atoms with Crippen LogP contribution >= 0.6 is 23.2 Å². The number of nitrogens with one attached hydrogen (secondary N) is 1. The first kappa shape index (κ1) is 23.8. The summed E-state index contributed by atoms with van der Waals surface area (Å²) < 4.78 is 0. The van der Waals surface area contributed by atoms with E-state index in [9.17, 15) is 9.59 Å². The highest BCUT2D eigenvalue weighted by Gasteiger charge is 2.30. The number of carbonyl (C=O) groups is 2. The highest BCUT2D eigenvalue weighted by molar-refractivity contribution is 6.36. The SMILES string of the molecule is CNC(=O)[C@H](Cc1ccccc1)N(Cc1ccccc1C)C(=O)Cc1c(Cl)cccc1Cl. The van der Waals surface area contributed by atoms with Crippen LogP contribution in [0.4, 0.5) is 0 Å². The second-order valence-corrected chi connectivity index (χ2v) is 8.46. The van der Waals surface area contributed by atoms with Gasteiger partial charge in [0.05, 0.1) is 6.42 Å². The predicted molar refractivity (Wildman–Crippen MR) is 130 cm³/mol. The van der Waals surface area contributed by atoms with Gasteiger partial charge in [-0.25, -0.2) is 0 Å². The fraction of sp³-hybridized carbons (Fsp3) is 0.231. The number of aryl methyl sites for hydroxylation is 1. The molecule has 0 unspecified atom stereocenters. The lowest BCUT2D eigenvalue weighted by Crippen LogP contribution is -2.50. The van der Waals surface area contributed by atoms with Crippen molar-refractivity contribution >= 4 is 35.0 Å². The predicted octanol–water partition coefficient (Wildman–Crippen LogP) is 5.23. The van der Waals surface area contributed by atoms with Crippen molar-refractivity contribution in [3.8, 4) is 0 Å². The van der Waals surface area contributed by atoms with Crippen molar-refractivity contribution in [2.45, 2.75) is 32.4 Å².